The Morgan fingerprint density at radius 3 is 1.10 bits per heavy atom. The van der Waals surface area contributed by atoms with Gasteiger partial charge < -0.3 is 14.4 Å². The van der Waals surface area contributed by atoms with E-state index in [-0.39, 0.29) is 24.1 Å². The molecule has 0 bridgehead atoms. The van der Waals surface area contributed by atoms with Crippen LogP contribution in [0.2, 0.25) is 0 Å². The van der Waals surface area contributed by atoms with E-state index in [1.807, 2.05) is 0 Å². The van der Waals surface area contributed by atoms with Crippen molar-refractivity contribution in [3.05, 3.63) is 11.6 Å². The van der Waals surface area contributed by atoms with Crippen LogP contribution in [-0.4, -0.2) is 49.7 Å². The van der Waals surface area contributed by atoms with Crippen LogP contribution >= 0.6 is 0 Å². The van der Waals surface area contributed by atoms with Gasteiger partial charge in [-0.3, -0.25) is 9.59 Å². The minimum atomic E-state index is -0.0289. The predicted molar refractivity (Wildman–Crippen MR) is 212 cm³/mol. The van der Waals surface area contributed by atoms with Gasteiger partial charge in [0, 0.05) is 19.4 Å². The quantitative estimate of drug-likeness (QED) is 0.0369. The molecule has 0 aliphatic heterocycles. The number of rotatable bonds is 37. The van der Waals surface area contributed by atoms with E-state index in [2.05, 4.69) is 52.8 Å². The number of esters is 2. The summed E-state index contributed by atoms with van der Waals surface area (Å²) in [7, 11) is 4.21. The summed E-state index contributed by atoms with van der Waals surface area (Å²) >= 11 is 0. The molecule has 0 aromatic carbocycles. The van der Waals surface area contributed by atoms with E-state index in [9.17, 15) is 9.59 Å². The van der Waals surface area contributed by atoms with Crippen LogP contribution in [-0.2, 0) is 19.1 Å². The average molecular weight is 692 g/mol. The molecule has 0 spiro atoms. The first-order valence-corrected chi connectivity index (χ1v) is 21.6. The molecule has 0 aliphatic carbocycles. The second kappa shape index (κ2) is 36.4. The summed E-state index contributed by atoms with van der Waals surface area (Å²) in [5.74, 6) is -0.0578. The Labute approximate surface area is 306 Å². The topological polar surface area (TPSA) is 55.8 Å². The van der Waals surface area contributed by atoms with Crippen molar-refractivity contribution < 1.29 is 19.1 Å². The van der Waals surface area contributed by atoms with Crippen LogP contribution in [0.3, 0.4) is 0 Å². The molecule has 290 valence electrons. The molecule has 0 radical (unpaired) electrons. The van der Waals surface area contributed by atoms with Gasteiger partial charge in [0.2, 0.25) is 0 Å². The van der Waals surface area contributed by atoms with Gasteiger partial charge in [0.05, 0.1) is 0 Å². The van der Waals surface area contributed by atoms with Crippen LogP contribution in [0.25, 0.3) is 0 Å². The van der Waals surface area contributed by atoms with E-state index in [0.29, 0.717) is 12.8 Å². The van der Waals surface area contributed by atoms with E-state index >= 15 is 0 Å². The molecule has 0 saturated heterocycles. The van der Waals surface area contributed by atoms with E-state index in [0.717, 1.165) is 90.0 Å². The first-order chi connectivity index (χ1) is 23.9. The monoisotopic (exact) mass is 692 g/mol. The summed E-state index contributed by atoms with van der Waals surface area (Å²) in [4.78, 5) is 28.1. The zero-order chi connectivity index (χ0) is 36.2. The van der Waals surface area contributed by atoms with E-state index in [1.165, 1.54) is 108 Å². The van der Waals surface area contributed by atoms with Crippen molar-refractivity contribution in [3.8, 4) is 0 Å². The molecule has 0 atom stereocenters. The SMILES string of the molecule is CCCCCCCC(CCCCCCC)OC(=O)CCCC(=CCCN(C)C)CCCC(=O)OC(CCCCCCC)CCCCCCC. The Balaban J connectivity index is 4.88. The fourth-order valence-electron chi connectivity index (χ4n) is 6.69. The number of carbonyl (C=O) groups excluding carboxylic acids is 2. The summed E-state index contributed by atoms with van der Waals surface area (Å²) in [6, 6.07) is 0. The molecule has 0 N–H and O–H groups in total. The minimum absolute atomic E-state index is 0.0289. The Hall–Kier alpha value is -1.36. The molecule has 0 unspecified atom stereocenters. The summed E-state index contributed by atoms with van der Waals surface area (Å²) in [5.41, 5.74) is 1.37. The lowest BCUT2D eigenvalue weighted by molar-refractivity contribution is -0.150. The Morgan fingerprint density at radius 2 is 0.796 bits per heavy atom. The molecule has 0 aliphatic rings. The number of nitrogens with zero attached hydrogens (tertiary/aromatic N) is 1. The lowest BCUT2D eigenvalue weighted by atomic mass is 10.0. The lowest BCUT2D eigenvalue weighted by Crippen LogP contribution is -2.18. The molecule has 0 fully saturated rings. The largest absolute Gasteiger partial charge is 0.462 e. The maximum atomic E-state index is 13.0. The second-order valence-corrected chi connectivity index (χ2v) is 15.2. The summed E-state index contributed by atoms with van der Waals surface area (Å²) in [6.45, 7) is 10.0. The molecular formula is C44H85NO4. The number of carbonyl (C=O) groups is 2. The number of hydrogen-bond donors (Lipinski definition) is 0. The van der Waals surface area contributed by atoms with Gasteiger partial charge in [-0.25, -0.2) is 0 Å². The lowest BCUT2D eigenvalue weighted by Gasteiger charge is -2.19. The van der Waals surface area contributed by atoms with Crippen LogP contribution in [0.1, 0.15) is 227 Å². The predicted octanol–water partition coefficient (Wildman–Crippen LogP) is 13.5. The summed E-state index contributed by atoms with van der Waals surface area (Å²) in [6.07, 6.45) is 36.9. The molecule has 0 aromatic rings. The third-order valence-corrected chi connectivity index (χ3v) is 9.88. The van der Waals surface area contributed by atoms with Gasteiger partial charge in [-0.15, -0.1) is 0 Å². The molecule has 0 heterocycles. The highest BCUT2D eigenvalue weighted by molar-refractivity contribution is 5.70. The Kier molecular flexibility index (Phi) is 35.4. The summed E-state index contributed by atoms with van der Waals surface area (Å²) in [5, 5.41) is 0. The van der Waals surface area contributed by atoms with Gasteiger partial charge in [0.25, 0.3) is 0 Å². The van der Waals surface area contributed by atoms with Crippen molar-refractivity contribution in [2.24, 2.45) is 0 Å². The standard InChI is InChI=1S/C44H85NO4/c1-7-11-15-19-23-33-41(34-24-20-16-12-8-2)48-43(46)37-27-30-40(32-29-39-45(5)6)31-28-38-44(47)49-42(35-25-21-17-13-9-3)36-26-22-18-14-10-4/h32,41-42H,7-31,33-39H2,1-6H3. The third-order valence-electron chi connectivity index (χ3n) is 9.88. The molecule has 5 nitrogen and oxygen atoms in total. The first kappa shape index (κ1) is 47.6. The maximum absolute atomic E-state index is 13.0. The molecular weight excluding hydrogens is 606 g/mol. The Morgan fingerprint density at radius 1 is 0.469 bits per heavy atom. The maximum Gasteiger partial charge on any atom is 0.306 e. The van der Waals surface area contributed by atoms with Crippen molar-refractivity contribution in [2.75, 3.05) is 20.6 Å². The van der Waals surface area contributed by atoms with Gasteiger partial charge in [-0.2, -0.15) is 0 Å². The number of allylic oxidation sites excluding steroid dienone is 1. The fourth-order valence-corrected chi connectivity index (χ4v) is 6.69. The van der Waals surface area contributed by atoms with Gasteiger partial charge in [0.15, 0.2) is 0 Å². The van der Waals surface area contributed by atoms with Crippen LogP contribution < -0.4 is 0 Å². The van der Waals surface area contributed by atoms with Crippen molar-refractivity contribution in [1.82, 2.24) is 4.90 Å². The second-order valence-electron chi connectivity index (χ2n) is 15.2. The van der Waals surface area contributed by atoms with Gasteiger partial charge in [-0.05, 0) is 97.6 Å². The van der Waals surface area contributed by atoms with Crippen LogP contribution in [0.4, 0.5) is 0 Å². The van der Waals surface area contributed by atoms with Crippen LogP contribution in [0, 0.1) is 0 Å². The zero-order valence-electron chi connectivity index (χ0n) is 33.9. The zero-order valence-corrected chi connectivity index (χ0v) is 33.9. The Bertz CT molecular complexity index is 682. The third kappa shape index (κ3) is 33.5. The minimum Gasteiger partial charge on any atom is -0.462 e. The fraction of sp³-hybridized carbons (Fsp3) is 0.909. The van der Waals surface area contributed by atoms with Crippen LogP contribution in [0.15, 0.2) is 11.6 Å². The van der Waals surface area contributed by atoms with E-state index < -0.39 is 0 Å². The highest BCUT2D eigenvalue weighted by Crippen LogP contribution is 2.21. The summed E-state index contributed by atoms with van der Waals surface area (Å²) < 4.78 is 12.2. The molecule has 0 aromatic heterocycles. The normalized spacial score (nSPS) is 11.5. The van der Waals surface area contributed by atoms with Gasteiger partial charge >= 0.3 is 11.9 Å². The van der Waals surface area contributed by atoms with Crippen LogP contribution in [0.5, 0.6) is 0 Å². The highest BCUT2D eigenvalue weighted by Gasteiger charge is 2.16. The van der Waals surface area contributed by atoms with E-state index in [4.69, 9.17) is 9.47 Å². The molecule has 0 rings (SSSR count). The van der Waals surface area contributed by atoms with Crippen molar-refractivity contribution in [2.45, 2.75) is 239 Å². The van der Waals surface area contributed by atoms with Gasteiger partial charge in [0.1, 0.15) is 12.2 Å². The smallest absolute Gasteiger partial charge is 0.306 e. The van der Waals surface area contributed by atoms with E-state index in [1.54, 1.807) is 0 Å². The number of unbranched alkanes of at least 4 members (excludes halogenated alkanes) is 16. The average Bonchev–Trinajstić information content (AvgIpc) is 3.07. The first-order valence-electron chi connectivity index (χ1n) is 21.6. The molecule has 49 heavy (non-hydrogen) atoms. The molecule has 0 amide bonds. The van der Waals surface area contributed by atoms with Gasteiger partial charge in [-0.1, -0.05) is 142 Å². The number of hydrogen-bond acceptors (Lipinski definition) is 5. The number of ether oxygens (including phenoxy) is 2. The van der Waals surface area contributed by atoms with Crippen molar-refractivity contribution >= 4 is 11.9 Å². The van der Waals surface area contributed by atoms with Crippen molar-refractivity contribution in [3.63, 3.8) is 0 Å². The molecule has 5 heteroatoms. The highest BCUT2D eigenvalue weighted by atomic mass is 16.5. The van der Waals surface area contributed by atoms with Crippen molar-refractivity contribution in [1.29, 1.82) is 0 Å². The molecule has 0 saturated carbocycles.